The zero-order chi connectivity index (χ0) is 24.1. The fourth-order valence-corrected chi connectivity index (χ4v) is 6.67. The van der Waals surface area contributed by atoms with Crippen molar-refractivity contribution in [3.8, 4) is 0 Å². The number of benzene rings is 1. The summed E-state index contributed by atoms with van der Waals surface area (Å²) in [7, 11) is -8.01. The highest BCUT2D eigenvalue weighted by Crippen LogP contribution is 2.37. The molecule has 0 aliphatic heterocycles. The van der Waals surface area contributed by atoms with Crippen molar-refractivity contribution in [2.45, 2.75) is 56.7 Å². The predicted molar refractivity (Wildman–Crippen MR) is 126 cm³/mol. The average Bonchev–Trinajstić information content (AvgIpc) is 3.09. The van der Waals surface area contributed by atoms with E-state index in [9.17, 15) is 21.6 Å². The van der Waals surface area contributed by atoms with Crippen LogP contribution >= 0.6 is 0 Å². The smallest absolute Gasteiger partial charge is 0.211 e. The first-order valence-corrected chi connectivity index (χ1v) is 13.8. The summed E-state index contributed by atoms with van der Waals surface area (Å²) in [4.78, 5) is 12.9. The van der Waals surface area contributed by atoms with Crippen LogP contribution in [0, 0.1) is 6.92 Å². The number of aromatic nitrogens is 1. The third kappa shape index (κ3) is 4.13. The van der Waals surface area contributed by atoms with Crippen LogP contribution in [0.2, 0.25) is 0 Å². The molecule has 172 valence electrons. The number of aryl methyl sites for hydroxylation is 1. The number of pyridine rings is 1. The Balaban J connectivity index is 2.57. The fourth-order valence-electron chi connectivity index (χ4n) is 3.60. The van der Waals surface area contributed by atoms with Gasteiger partial charge in [0.15, 0.2) is 19.7 Å². The topological polar surface area (TPSA) is 89.8 Å². The molecule has 0 unspecified atom stereocenters. The van der Waals surface area contributed by atoms with E-state index < -0.39 is 30.4 Å². The molecule has 1 aromatic carbocycles. The Hall–Kier alpha value is -2.45. The molecule has 0 saturated carbocycles. The van der Waals surface area contributed by atoms with Crippen molar-refractivity contribution in [3.63, 3.8) is 0 Å². The molecular weight excluding hydrogens is 446 g/mol. The second-order valence-corrected chi connectivity index (χ2v) is 13.4. The quantitative estimate of drug-likeness (QED) is 0.494. The standard InChI is InChI=1S/C24H29NO5S2/c1-7-31(27,28)22-19-15-18(24(4,5)6)13-14-25(19)20(23(22)32(29,30)8-2)21(26)17-11-9-16(3)10-12-17/h9-15H,7-8H2,1-6H3. The Morgan fingerprint density at radius 3 is 1.91 bits per heavy atom. The lowest BCUT2D eigenvalue weighted by molar-refractivity contribution is 0.103. The Morgan fingerprint density at radius 1 is 0.875 bits per heavy atom. The molecule has 0 fully saturated rings. The molecule has 6 nitrogen and oxygen atoms in total. The lowest BCUT2D eigenvalue weighted by Gasteiger charge is -2.19. The highest BCUT2D eigenvalue weighted by molar-refractivity contribution is 7.94. The number of ketones is 1. The molecule has 2 heterocycles. The van der Waals surface area contributed by atoms with Crippen molar-refractivity contribution < 1.29 is 21.6 Å². The molecule has 0 N–H and O–H groups in total. The van der Waals surface area contributed by atoms with Gasteiger partial charge in [0, 0.05) is 11.8 Å². The molecule has 0 bridgehead atoms. The summed E-state index contributed by atoms with van der Waals surface area (Å²) in [5.74, 6) is -1.14. The maximum absolute atomic E-state index is 13.6. The minimum atomic E-state index is -4.04. The minimum Gasteiger partial charge on any atom is -0.311 e. The number of hydrogen-bond donors (Lipinski definition) is 0. The van der Waals surface area contributed by atoms with Gasteiger partial charge in [0.2, 0.25) is 5.78 Å². The molecule has 0 aliphatic carbocycles. The summed E-state index contributed by atoms with van der Waals surface area (Å²) >= 11 is 0. The maximum atomic E-state index is 13.6. The molecule has 32 heavy (non-hydrogen) atoms. The lowest BCUT2D eigenvalue weighted by atomic mass is 9.87. The number of fused-ring (bicyclic) bond motifs is 1. The van der Waals surface area contributed by atoms with Crippen molar-refractivity contribution in [3.05, 3.63) is 65.0 Å². The highest BCUT2D eigenvalue weighted by atomic mass is 32.2. The van der Waals surface area contributed by atoms with Gasteiger partial charge in [-0.1, -0.05) is 64.4 Å². The first kappa shape index (κ1) is 24.2. The molecule has 3 aromatic rings. The van der Waals surface area contributed by atoms with E-state index >= 15 is 0 Å². The molecule has 3 rings (SSSR count). The average molecular weight is 476 g/mol. The summed E-state index contributed by atoms with van der Waals surface area (Å²) in [5, 5.41) is 0. The van der Waals surface area contributed by atoms with Gasteiger partial charge in [-0.3, -0.25) is 4.79 Å². The summed E-state index contributed by atoms with van der Waals surface area (Å²) in [6, 6.07) is 10.2. The van der Waals surface area contributed by atoms with Gasteiger partial charge in [-0.15, -0.1) is 0 Å². The van der Waals surface area contributed by atoms with E-state index in [4.69, 9.17) is 0 Å². The molecule has 0 amide bonds. The van der Waals surface area contributed by atoms with Gasteiger partial charge < -0.3 is 4.40 Å². The lowest BCUT2D eigenvalue weighted by Crippen LogP contribution is -2.16. The molecule has 2 aromatic heterocycles. The van der Waals surface area contributed by atoms with Crippen molar-refractivity contribution in [2.75, 3.05) is 11.5 Å². The van der Waals surface area contributed by atoms with Gasteiger partial charge in [0.25, 0.3) is 0 Å². The van der Waals surface area contributed by atoms with Crippen LogP contribution in [0.3, 0.4) is 0 Å². The van der Waals surface area contributed by atoms with E-state index in [1.165, 1.54) is 18.2 Å². The van der Waals surface area contributed by atoms with E-state index in [2.05, 4.69) is 0 Å². The second-order valence-electron chi connectivity index (χ2n) is 8.93. The third-order valence-electron chi connectivity index (χ3n) is 5.63. The summed E-state index contributed by atoms with van der Waals surface area (Å²) in [6.07, 6.45) is 1.60. The first-order chi connectivity index (χ1) is 14.7. The van der Waals surface area contributed by atoms with Crippen molar-refractivity contribution >= 4 is 31.0 Å². The summed E-state index contributed by atoms with van der Waals surface area (Å²) in [5.41, 5.74) is 1.85. The van der Waals surface area contributed by atoms with Crippen molar-refractivity contribution in [1.82, 2.24) is 4.40 Å². The van der Waals surface area contributed by atoms with Gasteiger partial charge >= 0.3 is 0 Å². The third-order valence-corrected chi connectivity index (χ3v) is 9.33. The number of carbonyl (C=O) groups is 1. The predicted octanol–water partition coefficient (Wildman–Crippen LogP) is 4.36. The Bertz CT molecular complexity index is 1410. The van der Waals surface area contributed by atoms with E-state index in [-0.39, 0.29) is 33.0 Å². The number of nitrogens with zero attached hydrogens (tertiary/aromatic N) is 1. The van der Waals surface area contributed by atoms with Crippen LogP contribution in [0.4, 0.5) is 0 Å². The van der Waals surface area contributed by atoms with E-state index in [1.807, 2.05) is 27.7 Å². The molecule has 0 aliphatic rings. The van der Waals surface area contributed by atoms with Crippen LogP contribution in [-0.2, 0) is 25.1 Å². The summed E-state index contributed by atoms with van der Waals surface area (Å²) in [6.45, 7) is 10.7. The largest absolute Gasteiger partial charge is 0.311 e. The number of sulfone groups is 2. The van der Waals surface area contributed by atoms with E-state index in [0.29, 0.717) is 5.56 Å². The van der Waals surface area contributed by atoms with Crippen LogP contribution in [-0.4, -0.2) is 38.5 Å². The van der Waals surface area contributed by atoms with Crippen molar-refractivity contribution in [2.24, 2.45) is 0 Å². The first-order valence-electron chi connectivity index (χ1n) is 10.5. The molecular formula is C24H29NO5S2. The zero-order valence-electron chi connectivity index (χ0n) is 19.3. The maximum Gasteiger partial charge on any atom is 0.211 e. The Morgan fingerprint density at radius 2 is 1.41 bits per heavy atom. The molecule has 0 atom stereocenters. The molecule has 0 saturated heterocycles. The molecule has 0 spiro atoms. The van der Waals surface area contributed by atoms with E-state index in [0.717, 1.165) is 11.1 Å². The summed E-state index contributed by atoms with van der Waals surface area (Å²) < 4.78 is 54.2. The second kappa shape index (κ2) is 8.15. The number of hydrogen-bond acceptors (Lipinski definition) is 5. The van der Waals surface area contributed by atoms with Gasteiger partial charge in [-0.05, 0) is 30.0 Å². The van der Waals surface area contributed by atoms with Crippen LogP contribution in [0.1, 0.15) is 61.8 Å². The fraction of sp³-hybridized carbons (Fsp3) is 0.375. The highest BCUT2D eigenvalue weighted by Gasteiger charge is 2.37. The van der Waals surface area contributed by atoms with Gasteiger partial charge in [-0.2, -0.15) is 0 Å². The number of rotatable bonds is 6. The molecule has 0 radical (unpaired) electrons. The monoisotopic (exact) mass is 475 g/mol. The van der Waals surface area contributed by atoms with Crippen LogP contribution < -0.4 is 0 Å². The van der Waals surface area contributed by atoms with Gasteiger partial charge in [-0.25, -0.2) is 16.8 Å². The van der Waals surface area contributed by atoms with E-state index in [1.54, 1.807) is 42.6 Å². The van der Waals surface area contributed by atoms with Gasteiger partial charge in [0.05, 0.1) is 17.0 Å². The van der Waals surface area contributed by atoms with Crippen LogP contribution in [0.15, 0.2) is 52.4 Å². The normalized spacial score (nSPS) is 12.9. The van der Waals surface area contributed by atoms with Crippen LogP contribution in [0.5, 0.6) is 0 Å². The van der Waals surface area contributed by atoms with Crippen molar-refractivity contribution in [1.29, 1.82) is 0 Å². The number of carbonyl (C=O) groups excluding carboxylic acids is 1. The Kier molecular flexibility index (Phi) is 6.17. The zero-order valence-corrected chi connectivity index (χ0v) is 20.9. The SMILES string of the molecule is CCS(=O)(=O)c1c(S(=O)(=O)CC)c2cc(C(C)(C)C)ccn2c1C(=O)c1ccc(C)cc1. The van der Waals surface area contributed by atoms with Gasteiger partial charge in [0.1, 0.15) is 15.5 Å². The minimum absolute atomic E-state index is 0.141. The van der Waals surface area contributed by atoms with Crippen LogP contribution in [0.25, 0.3) is 5.52 Å². The Labute approximate surface area is 190 Å². The molecule has 8 heteroatoms.